The van der Waals surface area contributed by atoms with Crippen LogP contribution in [0.15, 0.2) is 10.7 Å². The van der Waals surface area contributed by atoms with Gasteiger partial charge in [-0.25, -0.2) is 0 Å². The number of nitrogens with zero attached hydrogens (tertiary/aromatic N) is 1. The van der Waals surface area contributed by atoms with E-state index >= 15 is 0 Å². The fraction of sp³-hybridized carbons (Fsp3) is 0.611. The van der Waals surface area contributed by atoms with Crippen molar-refractivity contribution in [3.63, 3.8) is 0 Å². The quantitative estimate of drug-likeness (QED) is 0.620. The molecule has 0 bridgehead atoms. The number of likely N-dealkylation sites (tertiary alicyclic amines) is 1. The van der Waals surface area contributed by atoms with Gasteiger partial charge in [0.2, 0.25) is 5.91 Å². The molecule has 136 valence electrons. The Morgan fingerprint density at radius 1 is 1.48 bits per heavy atom. The standard InChI is InChI=1S/C18H26BrN5O/c1-18(2)6-11(18)17(25)23-13-8-22-16-14(13)15(12(19)7-21-16)24-5-3-4-10(20)9-24/h8,10-11,21-22H,3-7,9,20H2,1-2H3,(H,23,25)/t10-,11?/m1/s1. The second-order valence-electron chi connectivity index (χ2n) is 8.14. The summed E-state index contributed by atoms with van der Waals surface area (Å²) in [5.74, 6) is 1.18. The lowest BCUT2D eigenvalue weighted by Gasteiger charge is -2.37. The Morgan fingerprint density at radius 3 is 2.92 bits per heavy atom. The van der Waals surface area contributed by atoms with Crippen molar-refractivity contribution >= 4 is 39.0 Å². The Bertz CT molecular complexity index is 738. The summed E-state index contributed by atoms with van der Waals surface area (Å²) >= 11 is 3.73. The Hall–Kier alpha value is -1.47. The number of hydrogen-bond acceptors (Lipinski definition) is 4. The maximum atomic E-state index is 12.6. The third kappa shape index (κ3) is 3.08. The molecule has 2 aliphatic heterocycles. The number of hydrogen-bond donors (Lipinski definition) is 4. The topological polar surface area (TPSA) is 86.2 Å². The van der Waals surface area contributed by atoms with Gasteiger partial charge in [-0.15, -0.1) is 0 Å². The average molecular weight is 408 g/mol. The summed E-state index contributed by atoms with van der Waals surface area (Å²) in [6.07, 6.45) is 5.01. The number of rotatable bonds is 3. The molecule has 1 aromatic heterocycles. The van der Waals surface area contributed by atoms with Crippen LogP contribution >= 0.6 is 15.9 Å². The molecule has 1 saturated heterocycles. The van der Waals surface area contributed by atoms with Crippen LogP contribution in [0.1, 0.15) is 38.7 Å². The highest BCUT2D eigenvalue weighted by atomic mass is 79.9. The number of anilines is 2. The Kier molecular flexibility index (Phi) is 4.11. The van der Waals surface area contributed by atoms with Crippen LogP contribution in [-0.2, 0) is 4.79 Å². The number of carbonyl (C=O) groups excluding carboxylic acids is 1. The molecule has 1 amide bonds. The number of piperidine rings is 1. The second kappa shape index (κ2) is 6.06. The van der Waals surface area contributed by atoms with Gasteiger partial charge in [0.05, 0.1) is 23.5 Å². The third-order valence-electron chi connectivity index (χ3n) is 5.66. The predicted molar refractivity (Wildman–Crippen MR) is 104 cm³/mol. The lowest BCUT2D eigenvalue weighted by atomic mass is 10.0. The summed E-state index contributed by atoms with van der Waals surface area (Å²) in [7, 11) is 0. The fourth-order valence-corrected chi connectivity index (χ4v) is 4.56. The van der Waals surface area contributed by atoms with Crippen molar-refractivity contribution in [1.82, 2.24) is 9.88 Å². The van der Waals surface area contributed by atoms with Gasteiger partial charge in [0, 0.05) is 35.7 Å². The molecule has 0 spiro atoms. The molecule has 0 radical (unpaired) electrons. The van der Waals surface area contributed by atoms with E-state index in [0.29, 0.717) is 0 Å². The number of H-pyrrole nitrogens is 1. The first-order valence-electron chi connectivity index (χ1n) is 9.02. The van der Waals surface area contributed by atoms with Gasteiger partial charge in [0.15, 0.2) is 0 Å². The fourth-order valence-electron chi connectivity index (χ4n) is 3.97. The predicted octanol–water partition coefficient (Wildman–Crippen LogP) is 2.91. The highest BCUT2D eigenvalue weighted by Gasteiger charge is 2.50. The molecular formula is C18H26BrN5O. The highest BCUT2D eigenvalue weighted by molar-refractivity contribution is 9.11. The van der Waals surface area contributed by atoms with Gasteiger partial charge in [0.25, 0.3) is 0 Å². The lowest BCUT2D eigenvalue weighted by molar-refractivity contribution is -0.118. The minimum Gasteiger partial charge on any atom is -0.369 e. The van der Waals surface area contributed by atoms with E-state index in [1.807, 2.05) is 6.20 Å². The smallest absolute Gasteiger partial charge is 0.228 e. The Balaban J connectivity index is 1.63. The zero-order valence-electron chi connectivity index (χ0n) is 14.8. The molecule has 0 aromatic carbocycles. The lowest BCUT2D eigenvalue weighted by Crippen LogP contribution is -2.42. The summed E-state index contributed by atoms with van der Waals surface area (Å²) in [5, 5.41) is 6.52. The van der Waals surface area contributed by atoms with E-state index in [1.54, 1.807) is 0 Å². The molecule has 1 unspecified atom stereocenters. The number of fused-ring (bicyclic) bond motifs is 1. The van der Waals surface area contributed by atoms with Gasteiger partial charge in [-0.2, -0.15) is 0 Å². The minimum absolute atomic E-state index is 0.105. The summed E-state index contributed by atoms with van der Waals surface area (Å²) in [6, 6.07) is 0.198. The Labute approximate surface area is 156 Å². The van der Waals surface area contributed by atoms with E-state index in [9.17, 15) is 4.79 Å². The first-order chi connectivity index (χ1) is 11.9. The number of aromatic nitrogens is 1. The van der Waals surface area contributed by atoms with E-state index in [1.165, 1.54) is 0 Å². The van der Waals surface area contributed by atoms with Crippen molar-refractivity contribution in [2.45, 2.75) is 39.2 Å². The van der Waals surface area contributed by atoms with Crippen LogP contribution in [-0.4, -0.2) is 41.5 Å². The first-order valence-corrected chi connectivity index (χ1v) is 9.82. The molecule has 7 heteroatoms. The average Bonchev–Trinajstić information content (AvgIpc) is 3.02. The van der Waals surface area contributed by atoms with E-state index in [0.717, 1.165) is 66.1 Å². The number of aromatic amines is 1. The van der Waals surface area contributed by atoms with Gasteiger partial charge < -0.3 is 26.3 Å². The Morgan fingerprint density at radius 2 is 2.24 bits per heavy atom. The van der Waals surface area contributed by atoms with E-state index < -0.39 is 0 Å². The molecule has 6 nitrogen and oxygen atoms in total. The van der Waals surface area contributed by atoms with Crippen LogP contribution in [0.2, 0.25) is 0 Å². The molecule has 3 heterocycles. The van der Waals surface area contributed by atoms with Crippen LogP contribution in [0.25, 0.3) is 5.70 Å². The largest absolute Gasteiger partial charge is 0.369 e. The van der Waals surface area contributed by atoms with Crippen LogP contribution in [0.4, 0.5) is 11.5 Å². The van der Waals surface area contributed by atoms with Crippen molar-refractivity contribution in [2.24, 2.45) is 17.1 Å². The number of halogens is 1. The highest BCUT2D eigenvalue weighted by Crippen LogP contribution is 2.52. The maximum Gasteiger partial charge on any atom is 0.228 e. The van der Waals surface area contributed by atoms with Crippen molar-refractivity contribution in [3.05, 3.63) is 16.2 Å². The monoisotopic (exact) mass is 407 g/mol. The molecule has 25 heavy (non-hydrogen) atoms. The van der Waals surface area contributed by atoms with Crippen LogP contribution < -0.4 is 16.4 Å². The van der Waals surface area contributed by atoms with Crippen molar-refractivity contribution < 1.29 is 4.79 Å². The van der Waals surface area contributed by atoms with Gasteiger partial charge in [-0.05, 0) is 24.7 Å². The van der Waals surface area contributed by atoms with Gasteiger partial charge in [0.1, 0.15) is 5.82 Å². The summed E-state index contributed by atoms with van der Waals surface area (Å²) in [4.78, 5) is 18.2. The number of nitrogens with two attached hydrogens (primary N) is 1. The van der Waals surface area contributed by atoms with E-state index in [4.69, 9.17) is 5.73 Å². The molecule has 1 saturated carbocycles. The number of amides is 1. The van der Waals surface area contributed by atoms with Crippen molar-refractivity contribution in [3.8, 4) is 0 Å². The van der Waals surface area contributed by atoms with E-state index in [-0.39, 0.29) is 23.3 Å². The summed E-state index contributed by atoms with van der Waals surface area (Å²) < 4.78 is 1.11. The summed E-state index contributed by atoms with van der Waals surface area (Å²) in [5.41, 5.74) is 9.36. The third-order valence-corrected chi connectivity index (χ3v) is 6.31. The minimum atomic E-state index is 0.105. The van der Waals surface area contributed by atoms with Gasteiger partial charge in [-0.1, -0.05) is 29.8 Å². The maximum absolute atomic E-state index is 12.6. The van der Waals surface area contributed by atoms with E-state index in [2.05, 4.69) is 50.3 Å². The normalized spacial score (nSPS) is 27.6. The zero-order valence-corrected chi connectivity index (χ0v) is 16.4. The molecule has 4 rings (SSSR count). The number of carbonyl (C=O) groups is 1. The molecule has 2 atom stereocenters. The molecule has 3 aliphatic rings. The molecular weight excluding hydrogens is 382 g/mol. The van der Waals surface area contributed by atoms with Crippen LogP contribution in [0.5, 0.6) is 0 Å². The van der Waals surface area contributed by atoms with Crippen molar-refractivity contribution in [1.29, 1.82) is 0 Å². The molecule has 2 fully saturated rings. The zero-order chi connectivity index (χ0) is 17.8. The second-order valence-corrected chi connectivity index (χ2v) is 9.10. The molecule has 1 aliphatic carbocycles. The SMILES string of the molecule is CC1(C)CC1C(=O)Nc1c[nH]c2c1C(N1CCC[C@@H](N)C1)=C(Br)CN2. The van der Waals surface area contributed by atoms with Gasteiger partial charge in [-0.3, -0.25) is 4.79 Å². The first kappa shape index (κ1) is 17.0. The number of nitrogens with one attached hydrogen (secondary N) is 3. The molecule has 1 aromatic rings. The van der Waals surface area contributed by atoms with Crippen LogP contribution in [0, 0.1) is 11.3 Å². The molecule has 5 N–H and O–H groups in total. The summed E-state index contributed by atoms with van der Waals surface area (Å²) in [6.45, 7) is 6.85. The van der Waals surface area contributed by atoms with Gasteiger partial charge >= 0.3 is 0 Å². The van der Waals surface area contributed by atoms with Crippen LogP contribution in [0.3, 0.4) is 0 Å². The van der Waals surface area contributed by atoms with Crippen molar-refractivity contribution in [2.75, 3.05) is 30.3 Å².